The molecule has 0 heterocycles. The highest BCUT2D eigenvalue weighted by molar-refractivity contribution is 5.34. The number of hydrogen-bond acceptors (Lipinski definition) is 2. The molecule has 0 amide bonds. The molecule has 1 aliphatic carbocycles. The van der Waals surface area contributed by atoms with Crippen LogP contribution < -0.4 is 5.32 Å². The summed E-state index contributed by atoms with van der Waals surface area (Å²) >= 11 is 0. The molecular formula is C15H19NO. The van der Waals surface area contributed by atoms with Crippen LogP contribution in [0.4, 0.5) is 0 Å². The lowest BCUT2D eigenvalue weighted by Gasteiger charge is -2.28. The summed E-state index contributed by atoms with van der Waals surface area (Å²) in [6, 6.07) is 8.23. The first-order valence-corrected chi connectivity index (χ1v) is 6.26. The maximum absolute atomic E-state index is 9.84. The van der Waals surface area contributed by atoms with Gasteiger partial charge >= 0.3 is 0 Å². The Kier molecular flexibility index (Phi) is 4.19. The number of rotatable bonds is 3. The maximum atomic E-state index is 9.84. The first-order chi connectivity index (χ1) is 8.29. The number of benzene rings is 1. The molecule has 2 rings (SSSR count). The van der Waals surface area contributed by atoms with E-state index >= 15 is 0 Å². The monoisotopic (exact) mass is 229 g/mol. The Morgan fingerprint density at radius 3 is 2.59 bits per heavy atom. The summed E-state index contributed by atoms with van der Waals surface area (Å²) in [5.74, 6) is 2.61. The predicted octanol–water partition coefficient (Wildman–Crippen LogP) is 2.06. The van der Waals surface area contributed by atoms with Crippen molar-refractivity contribution < 1.29 is 5.11 Å². The van der Waals surface area contributed by atoms with Crippen LogP contribution in [0.3, 0.4) is 0 Å². The Labute approximate surface area is 103 Å². The lowest BCUT2D eigenvalue weighted by molar-refractivity contribution is 0.0902. The first-order valence-electron chi connectivity index (χ1n) is 6.26. The van der Waals surface area contributed by atoms with Gasteiger partial charge in [-0.15, -0.1) is 6.42 Å². The molecule has 0 unspecified atom stereocenters. The molecule has 0 aliphatic heterocycles. The fourth-order valence-electron chi connectivity index (χ4n) is 2.32. The fraction of sp³-hybridized carbons (Fsp3) is 0.467. The van der Waals surface area contributed by atoms with Gasteiger partial charge in [0.05, 0.1) is 6.10 Å². The van der Waals surface area contributed by atoms with Crippen LogP contribution in [0.2, 0.25) is 0 Å². The molecule has 2 N–H and O–H groups in total. The van der Waals surface area contributed by atoms with Gasteiger partial charge < -0.3 is 10.4 Å². The van der Waals surface area contributed by atoms with E-state index in [4.69, 9.17) is 6.42 Å². The van der Waals surface area contributed by atoms with E-state index in [1.165, 1.54) is 12.0 Å². The molecule has 1 aliphatic rings. The second-order valence-electron chi connectivity index (χ2n) is 4.68. The van der Waals surface area contributed by atoms with Gasteiger partial charge in [0.1, 0.15) is 0 Å². The second kappa shape index (κ2) is 5.86. The average molecular weight is 229 g/mol. The fourth-order valence-corrected chi connectivity index (χ4v) is 2.32. The Hall–Kier alpha value is -1.30. The van der Waals surface area contributed by atoms with Gasteiger partial charge in [0, 0.05) is 18.2 Å². The van der Waals surface area contributed by atoms with Gasteiger partial charge in [0.25, 0.3) is 0 Å². The van der Waals surface area contributed by atoms with Gasteiger partial charge in [-0.25, -0.2) is 0 Å². The molecule has 0 spiro atoms. The molecule has 1 fully saturated rings. The number of hydrogen-bond donors (Lipinski definition) is 2. The largest absolute Gasteiger partial charge is 0.392 e. The summed E-state index contributed by atoms with van der Waals surface area (Å²) in [7, 11) is 0. The van der Waals surface area contributed by atoms with Gasteiger partial charge in [0.2, 0.25) is 0 Å². The summed E-state index contributed by atoms with van der Waals surface area (Å²) in [5, 5.41) is 13.3. The van der Waals surface area contributed by atoms with Crippen LogP contribution in [0.5, 0.6) is 0 Å². The second-order valence-corrected chi connectivity index (χ2v) is 4.68. The van der Waals surface area contributed by atoms with Crippen molar-refractivity contribution in [3.63, 3.8) is 0 Å². The zero-order valence-electron chi connectivity index (χ0n) is 10.0. The molecule has 0 saturated heterocycles. The Balaban J connectivity index is 1.86. The Morgan fingerprint density at radius 2 is 1.94 bits per heavy atom. The van der Waals surface area contributed by atoms with Gasteiger partial charge in [0.15, 0.2) is 0 Å². The highest BCUT2D eigenvalue weighted by atomic mass is 16.3. The molecule has 1 aromatic carbocycles. The summed E-state index contributed by atoms with van der Waals surface area (Å²) in [4.78, 5) is 0. The van der Waals surface area contributed by atoms with Crippen molar-refractivity contribution in [1.29, 1.82) is 0 Å². The van der Waals surface area contributed by atoms with Crippen LogP contribution in [0.1, 0.15) is 36.8 Å². The Bertz CT molecular complexity index is 390. The minimum atomic E-state index is -0.186. The van der Waals surface area contributed by atoms with Crippen LogP contribution in [0.25, 0.3) is 0 Å². The van der Waals surface area contributed by atoms with Gasteiger partial charge in [-0.05, 0) is 30.5 Å². The first kappa shape index (κ1) is 12.2. The number of aliphatic hydroxyl groups excluding tert-OH is 1. The minimum Gasteiger partial charge on any atom is -0.392 e. The predicted molar refractivity (Wildman–Crippen MR) is 69.5 cm³/mol. The average Bonchev–Trinajstić information content (AvgIpc) is 2.38. The van der Waals surface area contributed by atoms with Crippen molar-refractivity contribution in [2.75, 3.05) is 0 Å². The lowest BCUT2D eigenvalue weighted by atomic mass is 9.92. The lowest BCUT2D eigenvalue weighted by Crippen LogP contribution is -2.41. The third-order valence-electron chi connectivity index (χ3n) is 3.42. The topological polar surface area (TPSA) is 32.3 Å². The molecule has 17 heavy (non-hydrogen) atoms. The molecule has 2 atom stereocenters. The molecule has 2 nitrogen and oxygen atoms in total. The molecule has 0 aromatic heterocycles. The smallest absolute Gasteiger partial charge is 0.0693 e. The quantitative estimate of drug-likeness (QED) is 0.778. The minimum absolute atomic E-state index is 0.186. The van der Waals surface area contributed by atoms with Crippen LogP contribution in [-0.4, -0.2) is 17.3 Å². The molecule has 1 aromatic rings. The SMILES string of the molecule is C#Cc1ccc(CN[C@H]2CCCC[C@@H]2O)cc1. The number of aliphatic hydroxyl groups is 1. The molecular weight excluding hydrogens is 210 g/mol. The number of terminal acetylenes is 1. The van der Waals surface area contributed by atoms with Crippen LogP contribution in [-0.2, 0) is 6.54 Å². The van der Waals surface area contributed by atoms with Crippen molar-refractivity contribution in [2.45, 2.75) is 44.4 Å². The van der Waals surface area contributed by atoms with E-state index in [9.17, 15) is 5.11 Å². The summed E-state index contributed by atoms with van der Waals surface area (Å²) < 4.78 is 0. The normalized spacial score (nSPS) is 24.2. The molecule has 90 valence electrons. The van der Waals surface area contributed by atoms with E-state index in [2.05, 4.69) is 11.2 Å². The maximum Gasteiger partial charge on any atom is 0.0693 e. The van der Waals surface area contributed by atoms with E-state index in [1.807, 2.05) is 24.3 Å². The van der Waals surface area contributed by atoms with E-state index < -0.39 is 0 Å². The molecule has 1 saturated carbocycles. The third kappa shape index (κ3) is 3.33. The zero-order valence-corrected chi connectivity index (χ0v) is 10.0. The summed E-state index contributed by atoms with van der Waals surface area (Å²) in [5.41, 5.74) is 2.12. The van der Waals surface area contributed by atoms with E-state index in [0.29, 0.717) is 0 Å². The summed E-state index contributed by atoms with van der Waals surface area (Å²) in [6.07, 6.45) is 9.48. The zero-order chi connectivity index (χ0) is 12.1. The van der Waals surface area contributed by atoms with Crippen molar-refractivity contribution >= 4 is 0 Å². The third-order valence-corrected chi connectivity index (χ3v) is 3.42. The highest BCUT2D eigenvalue weighted by Crippen LogP contribution is 2.18. The van der Waals surface area contributed by atoms with Crippen molar-refractivity contribution in [3.8, 4) is 12.3 Å². The Morgan fingerprint density at radius 1 is 1.24 bits per heavy atom. The van der Waals surface area contributed by atoms with Crippen LogP contribution in [0.15, 0.2) is 24.3 Å². The summed E-state index contributed by atoms with van der Waals surface area (Å²) in [6.45, 7) is 0.798. The van der Waals surface area contributed by atoms with E-state index in [0.717, 1.165) is 31.4 Å². The van der Waals surface area contributed by atoms with Gasteiger partial charge in [-0.1, -0.05) is 30.9 Å². The van der Waals surface area contributed by atoms with Gasteiger partial charge in [-0.3, -0.25) is 0 Å². The molecule has 0 radical (unpaired) electrons. The number of nitrogens with one attached hydrogen (secondary N) is 1. The van der Waals surface area contributed by atoms with Crippen LogP contribution >= 0.6 is 0 Å². The highest BCUT2D eigenvalue weighted by Gasteiger charge is 2.21. The van der Waals surface area contributed by atoms with Crippen molar-refractivity contribution in [2.24, 2.45) is 0 Å². The van der Waals surface area contributed by atoms with Crippen LogP contribution in [0, 0.1) is 12.3 Å². The van der Waals surface area contributed by atoms with Gasteiger partial charge in [-0.2, -0.15) is 0 Å². The standard InChI is InChI=1S/C15H19NO/c1-2-12-7-9-13(10-8-12)11-16-14-5-3-4-6-15(14)17/h1,7-10,14-17H,3-6,11H2/t14-,15-/m0/s1. The van der Waals surface area contributed by atoms with E-state index in [1.54, 1.807) is 0 Å². The molecule has 2 heteroatoms. The van der Waals surface area contributed by atoms with Crippen molar-refractivity contribution in [1.82, 2.24) is 5.32 Å². The molecule has 0 bridgehead atoms. The van der Waals surface area contributed by atoms with E-state index in [-0.39, 0.29) is 12.1 Å². The van der Waals surface area contributed by atoms with Crippen molar-refractivity contribution in [3.05, 3.63) is 35.4 Å².